The quantitative estimate of drug-likeness (QED) is 0.791. The van der Waals surface area contributed by atoms with Crippen LogP contribution in [0.3, 0.4) is 0 Å². The number of hydrogen-bond acceptors (Lipinski definition) is 5. The molecule has 1 aromatic rings. The van der Waals surface area contributed by atoms with Crippen LogP contribution in [-0.2, 0) is 16.1 Å². The van der Waals surface area contributed by atoms with E-state index in [0.717, 1.165) is 25.7 Å². The number of aromatic nitrogens is 3. The number of imide groups is 1. The van der Waals surface area contributed by atoms with Crippen molar-refractivity contribution in [1.29, 1.82) is 0 Å². The Morgan fingerprint density at radius 1 is 1.24 bits per heavy atom. The second-order valence-corrected chi connectivity index (χ2v) is 5.77. The van der Waals surface area contributed by atoms with Gasteiger partial charge in [0.25, 0.3) is 0 Å². The summed E-state index contributed by atoms with van der Waals surface area (Å²) in [4.78, 5) is 26.1. The van der Waals surface area contributed by atoms with Crippen LogP contribution in [0.15, 0.2) is 12.4 Å². The van der Waals surface area contributed by atoms with Crippen LogP contribution in [0, 0.1) is 0 Å². The lowest BCUT2D eigenvalue weighted by molar-refractivity contribution is -0.142. The van der Waals surface area contributed by atoms with Crippen LogP contribution in [0.5, 0.6) is 0 Å². The Bertz CT molecular complexity index is 495. The highest BCUT2D eigenvalue weighted by molar-refractivity contribution is 6.05. The van der Waals surface area contributed by atoms with Crippen LogP contribution >= 0.6 is 0 Å². The molecule has 2 amide bonds. The molecule has 2 aliphatic rings. The van der Waals surface area contributed by atoms with Crippen molar-refractivity contribution < 1.29 is 9.59 Å². The molecule has 1 saturated heterocycles. The summed E-state index contributed by atoms with van der Waals surface area (Å²) in [7, 11) is 0. The monoisotopic (exact) mass is 291 g/mol. The molecular weight excluding hydrogens is 270 g/mol. The molecule has 7 nitrogen and oxygen atoms in total. The fourth-order valence-electron chi connectivity index (χ4n) is 3.24. The molecule has 7 heteroatoms. The molecule has 1 atom stereocenters. The summed E-state index contributed by atoms with van der Waals surface area (Å²) in [6, 6.07) is -0.246. The average Bonchev–Trinajstić information content (AvgIpc) is 3.09. The minimum absolute atomic E-state index is 0.0230. The third kappa shape index (κ3) is 3.12. The number of nitrogens with zero attached hydrogens (tertiary/aromatic N) is 4. The van der Waals surface area contributed by atoms with Crippen molar-refractivity contribution in [3.05, 3.63) is 12.4 Å². The highest BCUT2D eigenvalue weighted by Crippen LogP contribution is 2.27. The molecule has 0 bridgehead atoms. The van der Waals surface area contributed by atoms with Crippen LogP contribution < -0.4 is 5.32 Å². The molecule has 1 unspecified atom stereocenters. The van der Waals surface area contributed by atoms with Crippen molar-refractivity contribution in [3.8, 4) is 0 Å². The van der Waals surface area contributed by atoms with Crippen molar-refractivity contribution in [2.45, 2.75) is 57.2 Å². The standard InChI is InChI=1S/C14H21N5O2/c20-13-10-12(15-6-8-18-9-7-16-17-18)14(21)19(13)11-4-2-1-3-5-11/h7,9,11-12,15H,1-6,8,10H2. The SMILES string of the molecule is O=C1CC(NCCn2ccnn2)C(=O)N1C1CCCCC1. The lowest BCUT2D eigenvalue weighted by Crippen LogP contribution is -2.45. The molecule has 1 aromatic heterocycles. The van der Waals surface area contributed by atoms with Gasteiger partial charge in [-0.05, 0) is 12.8 Å². The maximum Gasteiger partial charge on any atom is 0.247 e. The Kier molecular flexibility index (Phi) is 4.28. The van der Waals surface area contributed by atoms with E-state index >= 15 is 0 Å². The molecule has 2 heterocycles. The van der Waals surface area contributed by atoms with Crippen molar-refractivity contribution in [2.24, 2.45) is 0 Å². The van der Waals surface area contributed by atoms with Crippen LogP contribution in [0.1, 0.15) is 38.5 Å². The Hall–Kier alpha value is -1.76. The van der Waals surface area contributed by atoms with E-state index in [0.29, 0.717) is 13.1 Å². The molecule has 1 N–H and O–H groups in total. The van der Waals surface area contributed by atoms with Crippen LogP contribution in [0.4, 0.5) is 0 Å². The lowest BCUT2D eigenvalue weighted by Gasteiger charge is -2.29. The van der Waals surface area contributed by atoms with Gasteiger partial charge in [0, 0.05) is 18.8 Å². The van der Waals surface area contributed by atoms with Crippen molar-refractivity contribution in [3.63, 3.8) is 0 Å². The molecule has 3 rings (SSSR count). The van der Waals surface area contributed by atoms with Gasteiger partial charge in [-0.25, -0.2) is 0 Å². The maximum absolute atomic E-state index is 12.4. The van der Waals surface area contributed by atoms with Crippen molar-refractivity contribution in [2.75, 3.05) is 6.54 Å². The summed E-state index contributed by atoms with van der Waals surface area (Å²) in [5.41, 5.74) is 0. The zero-order chi connectivity index (χ0) is 14.7. The number of carbonyl (C=O) groups is 2. The van der Waals surface area contributed by atoms with Gasteiger partial charge in [0.05, 0.1) is 25.2 Å². The van der Waals surface area contributed by atoms with Gasteiger partial charge >= 0.3 is 0 Å². The number of nitrogens with one attached hydrogen (secondary N) is 1. The smallest absolute Gasteiger partial charge is 0.247 e. The Morgan fingerprint density at radius 3 is 2.76 bits per heavy atom. The van der Waals surface area contributed by atoms with Crippen LogP contribution in [0.2, 0.25) is 0 Å². The van der Waals surface area contributed by atoms with Crippen molar-refractivity contribution in [1.82, 2.24) is 25.2 Å². The second-order valence-electron chi connectivity index (χ2n) is 5.77. The summed E-state index contributed by atoms with van der Waals surface area (Å²) in [5, 5.41) is 10.8. The summed E-state index contributed by atoms with van der Waals surface area (Å²) in [6.45, 7) is 1.24. The van der Waals surface area contributed by atoms with Crippen LogP contribution in [-0.4, -0.2) is 50.3 Å². The summed E-state index contributed by atoms with van der Waals surface area (Å²) >= 11 is 0. The molecule has 1 aliphatic carbocycles. The molecule has 0 radical (unpaired) electrons. The van der Waals surface area contributed by atoms with E-state index in [9.17, 15) is 9.59 Å². The van der Waals surface area contributed by atoms with Gasteiger partial charge < -0.3 is 5.32 Å². The molecular formula is C14H21N5O2. The highest BCUT2D eigenvalue weighted by atomic mass is 16.2. The van der Waals surface area contributed by atoms with Gasteiger partial charge in [-0.15, -0.1) is 5.10 Å². The van der Waals surface area contributed by atoms with E-state index in [1.165, 1.54) is 11.3 Å². The van der Waals surface area contributed by atoms with E-state index < -0.39 is 0 Å². The predicted molar refractivity (Wildman–Crippen MR) is 75.2 cm³/mol. The van der Waals surface area contributed by atoms with Crippen molar-refractivity contribution >= 4 is 11.8 Å². The first-order valence-electron chi connectivity index (χ1n) is 7.69. The maximum atomic E-state index is 12.4. The van der Waals surface area contributed by atoms with Gasteiger partial charge in [-0.2, -0.15) is 0 Å². The van der Waals surface area contributed by atoms with E-state index in [2.05, 4.69) is 15.6 Å². The Morgan fingerprint density at radius 2 is 2.05 bits per heavy atom. The third-order valence-electron chi connectivity index (χ3n) is 4.33. The first kappa shape index (κ1) is 14.2. The minimum Gasteiger partial charge on any atom is -0.304 e. The van der Waals surface area contributed by atoms with Gasteiger partial charge in [0.2, 0.25) is 11.8 Å². The first-order chi connectivity index (χ1) is 10.3. The largest absolute Gasteiger partial charge is 0.304 e. The zero-order valence-electron chi connectivity index (χ0n) is 12.1. The lowest BCUT2D eigenvalue weighted by atomic mass is 9.94. The van der Waals surface area contributed by atoms with E-state index in [1.54, 1.807) is 17.1 Å². The van der Waals surface area contributed by atoms with Crippen LogP contribution in [0.25, 0.3) is 0 Å². The Balaban J connectivity index is 1.53. The van der Waals surface area contributed by atoms with Gasteiger partial charge in [-0.1, -0.05) is 24.5 Å². The summed E-state index contributed by atoms with van der Waals surface area (Å²) < 4.78 is 1.70. The van der Waals surface area contributed by atoms with Gasteiger partial charge in [0.1, 0.15) is 0 Å². The number of carbonyl (C=O) groups excluding carboxylic acids is 2. The molecule has 1 saturated carbocycles. The van der Waals surface area contributed by atoms with E-state index in [-0.39, 0.29) is 30.3 Å². The molecule has 0 aromatic carbocycles. The molecule has 21 heavy (non-hydrogen) atoms. The topological polar surface area (TPSA) is 80.1 Å². The number of hydrogen-bond donors (Lipinski definition) is 1. The minimum atomic E-state index is -0.372. The number of likely N-dealkylation sites (tertiary alicyclic amines) is 1. The fourth-order valence-corrected chi connectivity index (χ4v) is 3.24. The first-order valence-corrected chi connectivity index (χ1v) is 7.69. The Labute approximate surface area is 123 Å². The fraction of sp³-hybridized carbons (Fsp3) is 0.714. The molecule has 114 valence electrons. The zero-order valence-corrected chi connectivity index (χ0v) is 12.1. The van der Waals surface area contributed by atoms with E-state index in [1.807, 2.05) is 0 Å². The normalized spacial score (nSPS) is 24.0. The highest BCUT2D eigenvalue weighted by Gasteiger charge is 2.42. The number of rotatable bonds is 5. The third-order valence-corrected chi connectivity index (χ3v) is 4.33. The molecule has 1 aliphatic heterocycles. The molecule has 0 spiro atoms. The summed E-state index contributed by atoms with van der Waals surface area (Å²) in [6.07, 6.45) is 9.05. The van der Waals surface area contributed by atoms with E-state index in [4.69, 9.17) is 0 Å². The van der Waals surface area contributed by atoms with Gasteiger partial charge in [0.15, 0.2) is 0 Å². The van der Waals surface area contributed by atoms with Gasteiger partial charge in [-0.3, -0.25) is 19.2 Å². The summed E-state index contributed by atoms with van der Waals surface area (Å²) in [5.74, 6) is -0.0735. The predicted octanol–water partition coefficient (Wildman–Crippen LogP) is 0.328. The molecule has 2 fully saturated rings. The average molecular weight is 291 g/mol. The second kappa shape index (κ2) is 6.34. The number of amides is 2.